The first-order valence-electron chi connectivity index (χ1n) is 9.77. The van der Waals surface area contributed by atoms with E-state index in [4.69, 9.17) is 10.5 Å². The van der Waals surface area contributed by atoms with Crippen LogP contribution in [0.3, 0.4) is 0 Å². The number of thioether (sulfide) groups is 1. The lowest BCUT2D eigenvalue weighted by Crippen LogP contribution is -2.41. The maximum atomic E-state index is 10.8. The summed E-state index contributed by atoms with van der Waals surface area (Å²) in [5.74, 6) is 0.988. The van der Waals surface area contributed by atoms with E-state index in [0.29, 0.717) is 5.75 Å². The third kappa shape index (κ3) is 8.06. The number of nitrogens with one attached hydrogen (secondary N) is 2. The number of hydrogen-bond acceptors (Lipinski definition) is 4. The highest BCUT2D eigenvalue weighted by atomic mass is 127. The van der Waals surface area contributed by atoms with E-state index in [1.165, 1.54) is 23.3 Å². The van der Waals surface area contributed by atoms with Crippen molar-refractivity contribution in [2.24, 2.45) is 10.7 Å². The molecule has 2 aromatic rings. The highest BCUT2D eigenvalue weighted by molar-refractivity contribution is 14.0. The molecule has 0 unspecified atom stereocenters. The number of rotatable bonds is 10. The van der Waals surface area contributed by atoms with Crippen LogP contribution in [0.4, 0.5) is 0 Å². The van der Waals surface area contributed by atoms with Crippen molar-refractivity contribution < 1.29 is 9.53 Å². The Morgan fingerprint density at radius 1 is 1.13 bits per heavy atom. The van der Waals surface area contributed by atoms with Crippen LogP contribution in [0.5, 0.6) is 5.75 Å². The Hall–Kier alpha value is -1.94. The first-order chi connectivity index (χ1) is 14.1. The summed E-state index contributed by atoms with van der Waals surface area (Å²) in [4.78, 5) is 16.4. The second-order valence-electron chi connectivity index (χ2n) is 7.10. The van der Waals surface area contributed by atoms with Gasteiger partial charge in [-0.15, -0.1) is 35.7 Å². The molecular weight excluding hydrogens is 511 g/mol. The lowest BCUT2D eigenvalue weighted by atomic mass is 10.1. The molecule has 1 fully saturated rings. The van der Waals surface area contributed by atoms with Gasteiger partial charge in [0.1, 0.15) is 5.75 Å². The molecule has 1 saturated carbocycles. The quantitative estimate of drug-likeness (QED) is 0.245. The van der Waals surface area contributed by atoms with Gasteiger partial charge in [0, 0.05) is 29.8 Å². The summed E-state index contributed by atoms with van der Waals surface area (Å²) in [6.45, 7) is 1.57. The Morgan fingerprint density at radius 3 is 2.43 bits per heavy atom. The Kier molecular flexibility index (Phi) is 9.77. The van der Waals surface area contributed by atoms with Crippen LogP contribution in [0.1, 0.15) is 18.4 Å². The third-order valence-corrected chi connectivity index (χ3v) is 6.19. The lowest BCUT2D eigenvalue weighted by Gasteiger charge is -2.18. The summed E-state index contributed by atoms with van der Waals surface area (Å²) in [6.07, 6.45) is 3.31. The molecule has 1 aliphatic rings. The van der Waals surface area contributed by atoms with Crippen molar-refractivity contribution in [2.75, 3.05) is 26.7 Å². The van der Waals surface area contributed by atoms with Crippen molar-refractivity contribution in [1.82, 2.24) is 10.6 Å². The molecule has 1 amide bonds. The number of primary amides is 1. The zero-order chi connectivity index (χ0) is 20.5. The monoisotopic (exact) mass is 540 g/mol. The summed E-state index contributed by atoms with van der Waals surface area (Å²) < 4.78 is 5.55. The first kappa shape index (κ1) is 24.3. The number of benzene rings is 2. The number of aliphatic imine (C=N–C) groups is 1. The first-order valence-corrected chi connectivity index (χ1v) is 10.6. The van der Waals surface area contributed by atoms with Crippen LogP contribution in [-0.2, 0) is 11.2 Å². The number of ether oxygens (including phenoxy) is 1. The standard InChI is InChI=1S/C22H28N4O2S.HI/c1-24-21(26-16-22(12-13-22)29-19-5-3-2-4-6-19)25-14-11-17-7-9-18(10-8-17)28-15-20(23)27;/h2-10H,11-16H2,1H3,(H2,23,27)(H2,24,25,26);1H. The largest absolute Gasteiger partial charge is 0.484 e. The van der Waals surface area contributed by atoms with E-state index in [0.717, 1.165) is 25.5 Å². The van der Waals surface area contributed by atoms with Crippen molar-refractivity contribution in [3.8, 4) is 5.75 Å². The van der Waals surface area contributed by atoms with E-state index in [-0.39, 0.29) is 35.3 Å². The van der Waals surface area contributed by atoms with Gasteiger partial charge >= 0.3 is 0 Å². The van der Waals surface area contributed by atoms with Gasteiger partial charge in [0.25, 0.3) is 5.91 Å². The fourth-order valence-corrected chi connectivity index (χ4v) is 4.13. The van der Waals surface area contributed by atoms with E-state index in [1.807, 2.05) is 36.0 Å². The maximum absolute atomic E-state index is 10.8. The number of nitrogens with zero attached hydrogens (tertiary/aromatic N) is 1. The van der Waals surface area contributed by atoms with Crippen LogP contribution >= 0.6 is 35.7 Å². The molecule has 0 saturated heterocycles. The zero-order valence-electron chi connectivity index (χ0n) is 17.1. The van der Waals surface area contributed by atoms with Gasteiger partial charge in [-0.2, -0.15) is 0 Å². The molecule has 0 aromatic heterocycles. The van der Waals surface area contributed by atoms with E-state index in [9.17, 15) is 4.79 Å². The summed E-state index contributed by atoms with van der Waals surface area (Å²) in [5, 5.41) is 6.84. The molecule has 6 nitrogen and oxygen atoms in total. The molecular formula is C22H29IN4O2S. The number of nitrogens with two attached hydrogens (primary N) is 1. The van der Waals surface area contributed by atoms with Gasteiger partial charge in [-0.05, 0) is 49.1 Å². The molecule has 0 atom stereocenters. The Balaban J connectivity index is 0.00000320. The fraction of sp³-hybridized carbons (Fsp3) is 0.364. The predicted molar refractivity (Wildman–Crippen MR) is 134 cm³/mol. The average Bonchev–Trinajstić information content (AvgIpc) is 3.50. The van der Waals surface area contributed by atoms with E-state index in [1.54, 1.807) is 7.05 Å². The molecule has 4 N–H and O–H groups in total. The topological polar surface area (TPSA) is 88.7 Å². The molecule has 0 heterocycles. The van der Waals surface area contributed by atoms with E-state index >= 15 is 0 Å². The number of guanidine groups is 1. The van der Waals surface area contributed by atoms with E-state index in [2.05, 4.69) is 46.0 Å². The maximum Gasteiger partial charge on any atom is 0.255 e. The fourth-order valence-electron chi connectivity index (χ4n) is 2.89. The van der Waals surface area contributed by atoms with Crippen LogP contribution in [0.2, 0.25) is 0 Å². The smallest absolute Gasteiger partial charge is 0.255 e. The Bertz CT molecular complexity index is 827. The molecule has 0 bridgehead atoms. The molecule has 3 rings (SSSR count). The SMILES string of the molecule is CN=C(NCCc1ccc(OCC(N)=O)cc1)NCC1(Sc2ccccc2)CC1.I. The minimum atomic E-state index is -0.479. The van der Waals surface area contributed by atoms with Crippen LogP contribution in [0.25, 0.3) is 0 Å². The normalized spacial score (nSPS) is 14.4. The van der Waals surface area contributed by atoms with Gasteiger partial charge in [0.2, 0.25) is 0 Å². The van der Waals surface area contributed by atoms with Crippen molar-refractivity contribution in [3.05, 3.63) is 60.2 Å². The van der Waals surface area contributed by atoms with Crippen molar-refractivity contribution in [1.29, 1.82) is 0 Å². The number of amides is 1. The van der Waals surface area contributed by atoms with Crippen LogP contribution in [0.15, 0.2) is 64.5 Å². The van der Waals surface area contributed by atoms with Gasteiger partial charge in [-0.25, -0.2) is 0 Å². The van der Waals surface area contributed by atoms with Gasteiger partial charge in [-0.3, -0.25) is 9.79 Å². The zero-order valence-corrected chi connectivity index (χ0v) is 20.2. The lowest BCUT2D eigenvalue weighted by molar-refractivity contribution is -0.119. The minimum Gasteiger partial charge on any atom is -0.484 e. The van der Waals surface area contributed by atoms with Crippen molar-refractivity contribution >= 4 is 47.6 Å². The summed E-state index contributed by atoms with van der Waals surface area (Å²) in [5.41, 5.74) is 6.26. The summed E-state index contributed by atoms with van der Waals surface area (Å²) in [7, 11) is 1.80. The van der Waals surface area contributed by atoms with Crippen LogP contribution < -0.4 is 21.1 Å². The third-order valence-electron chi connectivity index (χ3n) is 4.70. The number of halogens is 1. The van der Waals surface area contributed by atoms with Crippen molar-refractivity contribution in [3.63, 3.8) is 0 Å². The predicted octanol–water partition coefficient (Wildman–Crippen LogP) is 3.20. The van der Waals surface area contributed by atoms with E-state index < -0.39 is 5.91 Å². The highest BCUT2D eigenvalue weighted by Crippen LogP contribution is 2.51. The van der Waals surface area contributed by atoms with Gasteiger partial charge in [0.05, 0.1) is 0 Å². The molecule has 2 aromatic carbocycles. The van der Waals surface area contributed by atoms with Gasteiger partial charge in [-0.1, -0.05) is 30.3 Å². The average molecular weight is 540 g/mol. The van der Waals surface area contributed by atoms with Gasteiger partial charge < -0.3 is 21.1 Å². The Labute approximate surface area is 199 Å². The molecule has 1 aliphatic carbocycles. The van der Waals surface area contributed by atoms with Crippen molar-refractivity contribution in [2.45, 2.75) is 28.9 Å². The summed E-state index contributed by atoms with van der Waals surface area (Å²) >= 11 is 1.95. The molecule has 162 valence electrons. The van der Waals surface area contributed by atoms with Crippen LogP contribution in [-0.4, -0.2) is 43.4 Å². The number of carbonyl (C=O) groups excluding carboxylic acids is 1. The van der Waals surface area contributed by atoms with Crippen LogP contribution in [0, 0.1) is 0 Å². The molecule has 30 heavy (non-hydrogen) atoms. The molecule has 0 radical (unpaired) electrons. The second-order valence-corrected chi connectivity index (χ2v) is 8.64. The molecule has 8 heteroatoms. The minimum absolute atomic E-state index is 0. The number of carbonyl (C=O) groups is 1. The number of hydrogen-bond donors (Lipinski definition) is 3. The van der Waals surface area contributed by atoms with Gasteiger partial charge in [0.15, 0.2) is 12.6 Å². The second kappa shape index (κ2) is 12.0. The molecule has 0 spiro atoms. The summed E-state index contributed by atoms with van der Waals surface area (Å²) in [6, 6.07) is 18.2. The molecule has 0 aliphatic heterocycles. The highest BCUT2D eigenvalue weighted by Gasteiger charge is 2.43. The Morgan fingerprint density at radius 2 is 1.83 bits per heavy atom.